The van der Waals surface area contributed by atoms with Gasteiger partial charge in [0.2, 0.25) is 0 Å². The van der Waals surface area contributed by atoms with Crippen molar-refractivity contribution in [1.29, 1.82) is 0 Å². The Balaban J connectivity index is 1.91. The minimum Gasteiger partial charge on any atom is -0.464 e. The molecule has 0 bridgehead atoms. The number of nitrogens with one attached hydrogen (secondary N) is 1. The second kappa shape index (κ2) is 8.23. The summed E-state index contributed by atoms with van der Waals surface area (Å²) in [6.45, 7) is 5.81. The average molecular weight is 454 g/mol. The summed E-state index contributed by atoms with van der Waals surface area (Å²) in [5, 5.41) is 7.66. The molecule has 0 atom stereocenters. The van der Waals surface area contributed by atoms with Gasteiger partial charge in [0.1, 0.15) is 5.82 Å². The number of hydrogen-bond acceptors (Lipinski definition) is 5. The molecule has 0 saturated carbocycles. The highest BCUT2D eigenvalue weighted by Crippen LogP contribution is 2.35. The fraction of sp³-hybridized carbons (Fsp3) is 0.208. The zero-order chi connectivity index (χ0) is 23.9. The van der Waals surface area contributed by atoms with Crippen LogP contribution in [0.5, 0.6) is 0 Å². The summed E-state index contributed by atoms with van der Waals surface area (Å²) in [6, 6.07) is 12.0. The number of alkyl halides is 3. The Morgan fingerprint density at radius 2 is 1.64 bits per heavy atom. The van der Waals surface area contributed by atoms with Crippen LogP contribution >= 0.6 is 0 Å². The molecule has 4 aromatic rings. The maximum absolute atomic E-state index is 12.9. The molecule has 170 valence electrons. The lowest BCUT2D eigenvalue weighted by molar-refractivity contribution is -0.137. The van der Waals surface area contributed by atoms with Crippen molar-refractivity contribution in [2.24, 2.45) is 0 Å². The van der Waals surface area contributed by atoms with Crippen LogP contribution in [0.25, 0.3) is 16.8 Å². The van der Waals surface area contributed by atoms with E-state index in [1.165, 1.54) is 25.3 Å². The summed E-state index contributed by atoms with van der Waals surface area (Å²) < 4.78 is 45.1. The van der Waals surface area contributed by atoms with Gasteiger partial charge in [-0.2, -0.15) is 22.8 Å². The van der Waals surface area contributed by atoms with Crippen molar-refractivity contribution in [2.45, 2.75) is 26.9 Å². The largest absolute Gasteiger partial charge is 0.464 e. The number of carbonyl (C=O) groups is 1. The molecular formula is C24H21F3N4O2. The lowest BCUT2D eigenvalue weighted by atomic mass is 9.96. The van der Waals surface area contributed by atoms with Gasteiger partial charge in [0.05, 0.1) is 23.9 Å². The first-order chi connectivity index (χ1) is 15.6. The predicted octanol–water partition coefficient (Wildman–Crippen LogP) is 5.87. The maximum atomic E-state index is 12.9. The maximum Gasteiger partial charge on any atom is 0.416 e. The lowest BCUT2D eigenvalue weighted by Crippen LogP contribution is -2.10. The highest BCUT2D eigenvalue weighted by atomic mass is 19.4. The van der Waals surface area contributed by atoms with Crippen molar-refractivity contribution in [2.75, 3.05) is 12.4 Å². The molecule has 1 N–H and O–H groups in total. The fourth-order valence-electron chi connectivity index (χ4n) is 3.81. The van der Waals surface area contributed by atoms with Gasteiger partial charge in [-0.3, -0.25) is 0 Å². The Hall–Kier alpha value is -3.88. The molecule has 2 aromatic heterocycles. The van der Waals surface area contributed by atoms with Crippen LogP contribution in [0.3, 0.4) is 0 Å². The zero-order valence-electron chi connectivity index (χ0n) is 18.4. The van der Waals surface area contributed by atoms with Gasteiger partial charge in [-0.05, 0) is 61.7 Å². The van der Waals surface area contributed by atoms with Gasteiger partial charge in [0.15, 0.2) is 11.3 Å². The van der Waals surface area contributed by atoms with Crippen molar-refractivity contribution in [3.05, 3.63) is 76.6 Å². The molecule has 0 radical (unpaired) electrons. The Kier molecular flexibility index (Phi) is 5.57. The minimum absolute atomic E-state index is 0.0480. The van der Waals surface area contributed by atoms with E-state index in [0.717, 1.165) is 34.4 Å². The second-order valence-electron chi connectivity index (χ2n) is 7.68. The van der Waals surface area contributed by atoms with Crippen molar-refractivity contribution in [3.8, 4) is 11.1 Å². The topological polar surface area (TPSA) is 68.5 Å². The fourth-order valence-corrected chi connectivity index (χ4v) is 3.81. The molecule has 0 spiro atoms. The lowest BCUT2D eigenvalue weighted by Gasteiger charge is -2.13. The SMILES string of the molecule is COC(=O)c1cc(Nc2ccc(C(F)(F)F)cc2)n2nc(C)c(-c3c(C)cccc3C)c2n1. The smallest absolute Gasteiger partial charge is 0.416 e. The number of fused-ring (bicyclic) bond motifs is 1. The molecule has 4 rings (SSSR count). The molecular weight excluding hydrogens is 433 g/mol. The summed E-state index contributed by atoms with van der Waals surface area (Å²) in [6.07, 6.45) is -4.43. The summed E-state index contributed by atoms with van der Waals surface area (Å²) in [4.78, 5) is 16.8. The average Bonchev–Trinajstić information content (AvgIpc) is 3.09. The second-order valence-corrected chi connectivity index (χ2v) is 7.68. The van der Waals surface area contributed by atoms with Crippen molar-refractivity contribution < 1.29 is 22.7 Å². The summed E-state index contributed by atoms with van der Waals surface area (Å²) in [7, 11) is 1.26. The van der Waals surface area contributed by atoms with Gasteiger partial charge >= 0.3 is 12.1 Å². The van der Waals surface area contributed by atoms with E-state index in [9.17, 15) is 18.0 Å². The first kappa shape index (κ1) is 22.3. The van der Waals surface area contributed by atoms with Crippen LogP contribution in [0.2, 0.25) is 0 Å². The first-order valence-electron chi connectivity index (χ1n) is 10.1. The third-order valence-corrected chi connectivity index (χ3v) is 5.37. The number of aromatic nitrogens is 3. The number of ether oxygens (including phenoxy) is 1. The van der Waals surface area contributed by atoms with Gasteiger partial charge < -0.3 is 10.1 Å². The Bertz CT molecular complexity index is 1340. The molecule has 0 aliphatic heterocycles. The molecule has 0 unspecified atom stereocenters. The van der Waals surface area contributed by atoms with E-state index in [2.05, 4.69) is 15.4 Å². The van der Waals surface area contributed by atoms with Crippen LogP contribution in [0.4, 0.5) is 24.7 Å². The summed E-state index contributed by atoms with van der Waals surface area (Å²) in [5.74, 6) is -0.278. The van der Waals surface area contributed by atoms with E-state index < -0.39 is 17.7 Å². The van der Waals surface area contributed by atoms with E-state index in [4.69, 9.17) is 4.74 Å². The monoisotopic (exact) mass is 454 g/mol. The molecule has 33 heavy (non-hydrogen) atoms. The molecule has 0 aliphatic rings. The first-order valence-corrected chi connectivity index (χ1v) is 10.1. The molecule has 6 nitrogen and oxygen atoms in total. The van der Waals surface area contributed by atoms with Crippen LogP contribution in [0, 0.1) is 20.8 Å². The van der Waals surface area contributed by atoms with Crippen LogP contribution in [-0.4, -0.2) is 27.7 Å². The van der Waals surface area contributed by atoms with Gasteiger partial charge in [-0.1, -0.05) is 18.2 Å². The van der Waals surface area contributed by atoms with Gasteiger partial charge in [-0.15, -0.1) is 0 Å². The number of rotatable bonds is 4. The number of esters is 1. The van der Waals surface area contributed by atoms with Gasteiger partial charge in [0.25, 0.3) is 0 Å². The standard InChI is InChI=1S/C24H21F3N4O2/c1-13-6-5-7-14(2)20(13)21-15(3)30-31-19(12-18(23(32)33-4)29-22(21)31)28-17-10-8-16(9-11-17)24(25,26)27/h5-12,28H,1-4H3. The normalized spacial score (nSPS) is 11.6. The Morgan fingerprint density at radius 3 is 2.21 bits per heavy atom. The number of benzene rings is 2. The number of methoxy groups -OCH3 is 1. The van der Waals surface area contributed by atoms with Crippen LogP contribution in [-0.2, 0) is 10.9 Å². The summed E-state index contributed by atoms with van der Waals surface area (Å²) >= 11 is 0. The van der Waals surface area contributed by atoms with Gasteiger partial charge in [-0.25, -0.2) is 9.78 Å². The van der Waals surface area contributed by atoms with Crippen molar-refractivity contribution in [1.82, 2.24) is 14.6 Å². The van der Waals surface area contributed by atoms with Crippen molar-refractivity contribution in [3.63, 3.8) is 0 Å². The Labute approximate surface area is 188 Å². The van der Waals surface area contributed by atoms with E-state index in [-0.39, 0.29) is 5.69 Å². The van der Waals surface area contributed by atoms with Crippen molar-refractivity contribution >= 4 is 23.1 Å². The van der Waals surface area contributed by atoms with E-state index in [0.29, 0.717) is 22.8 Å². The number of aryl methyl sites for hydroxylation is 3. The molecule has 2 aromatic carbocycles. The van der Waals surface area contributed by atoms with E-state index in [1.807, 2.05) is 39.0 Å². The molecule has 0 aliphatic carbocycles. The number of nitrogens with zero attached hydrogens (tertiary/aromatic N) is 3. The number of hydrogen-bond donors (Lipinski definition) is 1. The highest BCUT2D eigenvalue weighted by molar-refractivity contribution is 5.92. The van der Waals surface area contributed by atoms with Crippen LogP contribution < -0.4 is 5.32 Å². The van der Waals surface area contributed by atoms with E-state index in [1.54, 1.807) is 4.52 Å². The van der Waals surface area contributed by atoms with Crippen LogP contribution in [0.15, 0.2) is 48.5 Å². The molecule has 0 saturated heterocycles. The molecule has 0 amide bonds. The van der Waals surface area contributed by atoms with Crippen LogP contribution in [0.1, 0.15) is 32.9 Å². The number of anilines is 2. The minimum atomic E-state index is -4.43. The zero-order valence-corrected chi connectivity index (χ0v) is 18.4. The quantitative estimate of drug-likeness (QED) is 0.391. The Morgan fingerprint density at radius 1 is 1.00 bits per heavy atom. The molecule has 2 heterocycles. The van der Waals surface area contributed by atoms with E-state index >= 15 is 0 Å². The molecule has 9 heteroatoms. The highest BCUT2D eigenvalue weighted by Gasteiger charge is 2.30. The molecule has 0 fully saturated rings. The predicted molar refractivity (Wildman–Crippen MR) is 119 cm³/mol. The summed E-state index contributed by atoms with van der Waals surface area (Å²) in [5.41, 5.74) is 4.59. The van der Waals surface area contributed by atoms with Gasteiger partial charge in [0, 0.05) is 11.8 Å². The number of carbonyl (C=O) groups excluding carboxylic acids is 1. The number of halogens is 3. The third kappa shape index (κ3) is 4.13. The third-order valence-electron chi connectivity index (χ3n) is 5.37.